The van der Waals surface area contributed by atoms with Crippen LogP contribution in [0.4, 0.5) is 5.69 Å². The van der Waals surface area contributed by atoms with Gasteiger partial charge >= 0.3 is 0 Å². The van der Waals surface area contributed by atoms with Gasteiger partial charge in [0.25, 0.3) is 5.91 Å². The molecule has 0 radical (unpaired) electrons. The lowest BCUT2D eigenvalue weighted by atomic mass is 9.94. The summed E-state index contributed by atoms with van der Waals surface area (Å²) in [5.41, 5.74) is 1.10. The van der Waals surface area contributed by atoms with Gasteiger partial charge in [-0.1, -0.05) is 18.3 Å². The number of carbonyl (C=O) groups excluding carboxylic acids is 1. The van der Waals surface area contributed by atoms with Crippen molar-refractivity contribution in [3.8, 4) is 0 Å². The first kappa shape index (κ1) is 18.9. The van der Waals surface area contributed by atoms with Crippen molar-refractivity contribution in [1.82, 2.24) is 13.9 Å². The van der Waals surface area contributed by atoms with Crippen molar-refractivity contribution in [3.05, 3.63) is 34.8 Å². The highest BCUT2D eigenvalue weighted by atomic mass is 32.2. The quantitative estimate of drug-likeness (QED) is 0.861. The van der Waals surface area contributed by atoms with E-state index in [1.807, 2.05) is 0 Å². The third kappa shape index (κ3) is 3.94. The average Bonchev–Trinajstić information content (AvgIpc) is 3.00. The van der Waals surface area contributed by atoms with Gasteiger partial charge in [0.1, 0.15) is 4.88 Å². The molecule has 0 aliphatic carbocycles. The van der Waals surface area contributed by atoms with E-state index in [9.17, 15) is 13.2 Å². The van der Waals surface area contributed by atoms with E-state index in [1.165, 1.54) is 12.1 Å². The Morgan fingerprint density at radius 2 is 1.81 bits per heavy atom. The minimum absolute atomic E-state index is 0.243. The molecule has 0 saturated carbocycles. The van der Waals surface area contributed by atoms with Crippen LogP contribution >= 0.6 is 11.5 Å². The van der Waals surface area contributed by atoms with Crippen molar-refractivity contribution in [2.24, 2.45) is 11.8 Å². The normalized spacial score (nSPS) is 21.5. The summed E-state index contributed by atoms with van der Waals surface area (Å²) in [7, 11) is -3.52. The first-order valence-corrected chi connectivity index (χ1v) is 10.7. The summed E-state index contributed by atoms with van der Waals surface area (Å²) >= 11 is 1.03. The van der Waals surface area contributed by atoms with Gasteiger partial charge in [0, 0.05) is 18.8 Å². The molecule has 140 valence electrons. The predicted octanol–water partition coefficient (Wildman–Crippen LogP) is 2.77. The van der Waals surface area contributed by atoms with Crippen LogP contribution in [-0.4, -0.2) is 41.3 Å². The molecule has 0 spiro atoms. The van der Waals surface area contributed by atoms with E-state index >= 15 is 0 Å². The highest BCUT2D eigenvalue weighted by Crippen LogP contribution is 2.27. The first-order chi connectivity index (χ1) is 12.3. The monoisotopic (exact) mass is 394 g/mol. The fourth-order valence-electron chi connectivity index (χ4n) is 3.29. The summed E-state index contributed by atoms with van der Waals surface area (Å²) in [6, 6.07) is 6.27. The Kier molecular flexibility index (Phi) is 5.40. The van der Waals surface area contributed by atoms with E-state index in [1.54, 1.807) is 23.4 Å². The van der Waals surface area contributed by atoms with Gasteiger partial charge in [0.2, 0.25) is 10.0 Å². The molecule has 1 aromatic carbocycles. The van der Waals surface area contributed by atoms with Crippen LogP contribution in [0.15, 0.2) is 29.2 Å². The molecule has 1 fully saturated rings. The molecule has 9 heteroatoms. The van der Waals surface area contributed by atoms with Gasteiger partial charge in [-0.3, -0.25) is 4.79 Å². The Morgan fingerprint density at radius 3 is 2.35 bits per heavy atom. The summed E-state index contributed by atoms with van der Waals surface area (Å²) in [5, 5.41) is 6.55. The second-order valence-corrected chi connectivity index (χ2v) is 9.63. The maximum Gasteiger partial charge on any atom is 0.269 e. The number of rotatable bonds is 4. The zero-order chi connectivity index (χ0) is 18.9. The van der Waals surface area contributed by atoms with Crippen LogP contribution in [0.2, 0.25) is 0 Å². The average molecular weight is 395 g/mol. The number of aromatic nitrogens is 2. The Labute approximate surface area is 157 Å². The molecular weight excluding hydrogens is 372 g/mol. The molecule has 2 heterocycles. The predicted molar refractivity (Wildman–Crippen MR) is 101 cm³/mol. The highest BCUT2D eigenvalue weighted by molar-refractivity contribution is 7.89. The minimum Gasteiger partial charge on any atom is -0.321 e. The first-order valence-electron chi connectivity index (χ1n) is 8.48. The third-order valence-electron chi connectivity index (χ3n) is 4.44. The summed E-state index contributed by atoms with van der Waals surface area (Å²) in [6.45, 7) is 6.96. The zero-order valence-electron chi connectivity index (χ0n) is 15.0. The maximum absolute atomic E-state index is 12.9. The van der Waals surface area contributed by atoms with Crippen LogP contribution in [0.25, 0.3) is 0 Å². The van der Waals surface area contributed by atoms with E-state index in [2.05, 4.69) is 28.8 Å². The van der Waals surface area contributed by atoms with Crippen molar-refractivity contribution in [3.63, 3.8) is 0 Å². The molecule has 1 aromatic heterocycles. The van der Waals surface area contributed by atoms with Crippen molar-refractivity contribution >= 4 is 33.2 Å². The Hall–Kier alpha value is -1.84. The second kappa shape index (κ2) is 7.42. The van der Waals surface area contributed by atoms with E-state index in [0.717, 1.165) is 18.0 Å². The van der Waals surface area contributed by atoms with E-state index in [0.29, 0.717) is 41.2 Å². The highest BCUT2D eigenvalue weighted by Gasteiger charge is 2.31. The lowest BCUT2D eigenvalue weighted by molar-refractivity contribution is 0.103. The third-order valence-corrected chi connectivity index (χ3v) is 7.12. The number of benzene rings is 1. The Bertz CT molecular complexity index is 883. The van der Waals surface area contributed by atoms with Gasteiger partial charge in [-0.25, -0.2) is 8.42 Å². The molecule has 1 aliphatic rings. The molecule has 3 rings (SSSR count). The summed E-state index contributed by atoms with van der Waals surface area (Å²) in [6.07, 6.45) is 1.04. The number of aryl methyl sites for hydroxylation is 1. The fraction of sp³-hybridized carbons (Fsp3) is 0.471. The van der Waals surface area contributed by atoms with E-state index < -0.39 is 10.0 Å². The molecule has 1 amide bonds. The molecule has 0 unspecified atom stereocenters. The van der Waals surface area contributed by atoms with E-state index in [-0.39, 0.29) is 10.8 Å². The standard InChI is InChI=1S/C17H22N4O3S2/c1-11-8-12(2)10-21(9-11)26(23,24)15-6-4-14(5-7-15)18-17(22)16-13(3)19-20-25-16/h4-7,11-12H,8-10H2,1-3H3,(H,18,22)/t11-,12+. The Balaban J connectivity index is 1.74. The molecule has 2 atom stereocenters. The molecule has 1 saturated heterocycles. The van der Waals surface area contributed by atoms with Crippen LogP contribution in [-0.2, 0) is 10.0 Å². The number of sulfonamides is 1. The lowest BCUT2D eigenvalue weighted by Gasteiger charge is -2.34. The smallest absolute Gasteiger partial charge is 0.269 e. The number of hydrogen-bond acceptors (Lipinski definition) is 6. The van der Waals surface area contributed by atoms with Crippen LogP contribution in [0.5, 0.6) is 0 Å². The molecule has 0 bridgehead atoms. The van der Waals surface area contributed by atoms with Crippen molar-refractivity contribution < 1.29 is 13.2 Å². The number of amides is 1. The van der Waals surface area contributed by atoms with Crippen LogP contribution in [0.1, 0.15) is 35.6 Å². The number of nitrogens with one attached hydrogen (secondary N) is 1. The van der Waals surface area contributed by atoms with Crippen LogP contribution in [0, 0.1) is 18.8 Å². The van der Waals surface area contributed by atoms with Gasteiger partial charge in [0.05, 0.1) is 10.6 Å². The topological polar surface area (TPSA) is 92.3 Å². The molecule has 26 heavy (non-hydrogen) atoms. The van der Waals surface area contributed by atoms with Gasteiger partial charge in [-0.05, 0) is 61.0 Å². The molecular formula is C17H22N4O3S2. The van der Waals surface area contributed by atoms with Gasteiger partial charge < -0.3 is 5.32 Å². The lowest BCUT2D eigenvalue weighted by Crippen LogP contribution is -2.42. The summed E-state index contributed by atoms with van der Waals surface area (Å²) in [5.74, 6) is 0.401. The minimum atomic E-state index is -3.52. The van der Waals surface area contributed by atoms with Crippen LogP contribution in [0.3, 0.4) is 0 Å². The van der Waals surface area contributed by atoms with Gasteiger partial charge in [0.15, 0.2) is 0 Å². The second-order valence-electron chi connectivity index (χ2n) is 6.93. The summed E-state index contributed by atoms with van der Waals surface area (Å²) < 4.78 is 31.0. The number of carbonyl (C=O) groups is 1. The SMILES string of the molecule is Cc1nnsc1C(=O)Nc1ccc(S(=O)(=O)N2C[C@H](C)C[C@H](C)C2)cc1. The summed E-state index contributed by atoms with van der Waals surface area (Å²) in [4.78, 5) is 12.9. The fourth-order valence-corrected chi connectivity index (χ4v) is 5.52. The molecule has 7 nitrogen and oxygen atoms in total. The zero-order valence-corrected chi connectivity index (χ0v) is 16.6. The van der Waals surface area contributed by atoms with Gasteiger partial charge in [-0.15, -0.1) is 5.10 Å². The van der Waals surface area contributed by atoms with Crippen molar-refractivity contribution in [2.45, 2.75) is 32.1 Å². The number of nitrogens with zero attached hydrogens (tertiary/aromatic N) is 3. The molecule has 1 aliphatic heterocycles. The van der Waals surface area contributed by atoms with E-state index in [4.69, 9.17) is 0 Å². The number of piperidine rings is 1. The van der Waals surface area contributed by atoms with Crippen molar-refractivity contribution in [2.75, 3.05) is 18.4 Å². The molecule has 2 aromatic rings. The Morgan fingerprint density at radius 1 is 1.19 bits per heavy atom. The molecule has 1 N–H and O–H groups in total. The van der Waals surface area contributed by atoms with Gasteiger partial charge in [-0.2, -0.15) is 4.31 Å². The maximum atomic E-state index is 12.9. The van der Waals surface area contributed by atoms with Crippen LogP contribution < -0.4 is 5.32 Å². The van der Waals surface area contributed by atoms with Crippen molar-refractivity contribution in [1.29, 1.82) is 0 Å². The largest absolute Gasteiger partial charge is 0.321 e. The number of hydrogen-bond donors (Lipinski definition) is 1. The number of anilines is 1.